The molecule has 2 aromatic carbocycles. The Kier molecular flexibility index (Phi) is 4.82. The van der Waals surface area contributed by atoms with E-state index < -0.39 is 0 Å². The van der Waals surface area contributed by atoms with E-state index in [0.717, 1.165) is 48.4 Å². The number of rotatable bonds is 3. The lowest BCUT2D eigenvalue weighted by Crippen LogP contribution is -2.06. The summed E-state index contributed by atoms with van der Waals surface area (Å²) in [5.41, 5.74) is 4.82. The first-order valence-corrected chi connectivity index (χ1v) is 10.5. The summed E-state index contributed by atoms with van der Waals surface area (Å²) in [7, 11) is 0. The van der Waals surface area contributed by atoms with Gasteiger partial charge in [0.05, 0.1) is 16.4 Å². The van der Waals surface area contributed by atoms with Crippen LogP contribution in [0, 0.1) is 0 Å². The molecule has 0 spiro atoms. The number of hydrogen-bond donors (Lipinski definition) is 0. The van der Waals surface area contributed by atoms with Crippen molar-refractivity contribution in [1.82, 2.24) is 24.5 Å². The molecule has 1 aliphatic rings. The van der Waals surface area contributed by atoms with E-state index in [1.807, 2.05) is 39.6 Å². The fraction of sp³-hybridized carbons (Fsp3) is 0.190. The molecule has 0 amide bonds. The highest BCUT2D eigenvalue weighted by Gasteiger charge is 2.27. The summed E-state index contributed by atoms with van der Waals surface area (Å²) in [6.45, 7) is 0. The van der Waals surface area contributed by atoms with E-state index in [9.17, 15) is 0 Å². The lowest BCUT2D eigenvalue weighted by Gasteiger charge is -2.14. The minimum atomic E-state index is 0.577. The third kappa shape index (κ3) is 3.33. The number of nitrogens with zero attached hydrogens (tertiary/aromatic N) is 5. The molecule has 0 aliphatic heterocycles. The molecule has 29 heavy (non-hydrogen) atoms. The van der Waals surface area contributed by atoms with Crippen molar-refractivity contribution >= 4 is 34.8 Å². The summed E-state index contributed by atoms with van der Waals surface area (Å²) in [6.07, 6.45) is 5.81. The molecule has 0 fully saturated rings. The Labute approximate surface area is 182 Å². The van der Waals surface area contributed by atoms with Crippen molar-refractivity contribution in [2.45, 2.75) is 25.7 Å². The Morgan fingerprint density at radius 2 is 1.62 bits per heavy atom. The molecule has 146 valence electrons. The predicted molar refractivity (Wildman–Crippen MR) is 116 cm³/mol. The van der Waals surface area contributed by atoms with Crippen LogP contribution in [-0.4, -0.2) is 24.5 Å². The second-order valence-electron chi connectivity index (χ2n) is 6.99. The number of hydrogen-bond acceptors (Lipinski definition) is 3. The minimum Gasteiger partial charge on any atom is -0.280 e. The monoisotopic (exact) mass is 443 g/mol. The first-order chi connectivity index (χ1) is 14.1. The fourth-order valence-corrected chi connectivity index (χ4v) is 4.28. The van der Waals surface area contributed by atoms with Gasteiger partial charge in [-0.15, -0.1) is 10.2 Å². The zero-order valence-corrected chi connectivity index (χ0v) is 17.6. The number of fused-ring (bicyclic) bond motifs is 1. The Balaban J connectivity index is 1.76. The van der Waals surface area contributed by atoms with Crippen LogP contribution in [0.25, 0.3) is 22.9 Å². The summed E-state index contributed by atoms with van der Waals surface area (Å²) >= 11 is 18.9. The second-order valence-corrected chi connectivity index (χ2v) is 8.27. The van der Waals surface area contributed by atoms with Crippen LogP contribution < -0.4 is 0 Å². The van der Waals surface area contributed by atoms with Gasteiger partial charge in [-0.3, -0.25) is 4.57 Å². The highest BCUT2D eigenvalue weighted by atomic mass is 35.5. The quantitative estimate of drug-likeness (QED) is 0.392. The van der Waals surface area contributed by atoms with E-state index in [1.54, 1.807) is 18.5 Å². The number of aryl methyl sites for hydroxylation is 1. The molecule has 0 saturated carbocycles. The highest BCUT2D eigenvalue weighted by molar-refractivity contribution is 6.34. The number of halogens is 3. The van der Waals surface area contributed by atoms with Gasteiger partial charge in [0.2, 0.25) is 0 Å². The zero-order valence-electron chi connectivity index (χ0n) is 15.3. The molecule has 5 nitrogen and oxygen atoms in total. The minimum absolute atomic E-state index is 0.577. The Hall–Kier alpha value is -2.34. The highest BCUT2D eigenvalue weighted by Crippen LogP contribution is 2.36. The van der Waals surface area contributed by atoms with Crippen LogP contribution in [0.1, 0.15) is 24.1 Å². The van der Waals surface area contributed by atoms with E-state index in [1.165, 1.54) is 5.56 Å². The largest absolute Gasteiger partial charge is 0.280 e. The summed E-state index contributed by atoms with van der Waals surface area (Å²) in [5, 5.41) is 15.4. The molecule has 0 radical (unpaired) electrons. The first kappa shape index (κ1) is 18.7. The van der Waals surface area contributed by atoms with Crippen molar-refractivity contribution in [3.8, 4) is 22.9 Å². The third-order valence-corrected chi connectivity index (χ3v) is 5.96. The van der Waals surface area contributed by atoms with E-state index in [2.05, 4.69) is 10.2 Å². The Bertz CT molecular complexity index is 1190. The zero-order chi connectivity index (χ0) is 20.0. The molecule has 2 heterocycles. The molecule has 0 bridgehead atoms. The number of benzene rings is 2. The van der Waals surface area contributed by atoms with Crippen LogP contribution >= 0.6 is 34.8 Å². The molecule has 2 aromatic heterocycles. The molecule has 0 unspecified atom stereocenters. The van der Waals surface area contributed by atoms with Gasteiger partial charge in [0.25, 0.3) is 0 Å². The molecule has 0 saturated heterocycles. The van der Waals surface area contributed by atoms with Crippen LogP contribution in [0.2, 0.25) is 15.1 Å². The SMILES string of the molecule is Clc1ccc(-n2cnnc2-c2c3c(nn2-c2cc(Cl)ccc2Cl)CCCC3)cc1. The van der Waals surface area contributed by atoms with Gasteiger partial charge in [-0.05, 0) is 68.1 Å². The second kappa shape index (κ2) is 7.48. The van der Waals surface area contributed by atoms with Crippen LogP contribution in [0.5, 0.6) is 0 Å². The topological polar surface area (TPSA) is 48.5 Å². The fourth-order valence-electron chi connectivity index (χ4n) is 3.79. The van der Waals surface area contributed by atoms with Gasteiger partial charge in [0, 0.05) is 21.3 Å². The molecular weight excluding hydrogens is 429 g/mol. The van der Waals surface area contributed by atoms with Gasteiger partial charge in [-0.2, -0.15) is 5.10 Å². The summed E-state index contributed by atoms with van der Waals surface area (Å²) in [6, 6.07) is 13.0. The van der Waals surface area contributed by atoms with Crippen molar-refractivity contribution in [1.29, 1.82) is 0 Å². The maximum atomic E-state index is 6.52. The maximum absolute atomic E-state index is 6.52. The molecule has 0 atom stereocenters. The summed E-state index contributed by atoms with van der Waals surface area (Å²) in [4.78, 5) is 0. The molecule has 1 aliphatic carbocycles. The summed E-state index contributed by atoms with van der Waals surface area (Å²) in [5.74, 6) is 0.707. The van der Waals surface area contributed by atoms with Crippen molar-refractivity contribution in [2.75, 3.05) is 0 Å². The van der Waals surface area contributed by atoms with E-state index in [-0.39, 0.29) is 0 Å². The van der Waals surface area contributed by atoms with Crippen LogP contribution in [-0.2, 0) is 12.8 Å². The lowest BCUT2D eigenvalue weighted by molar-refractivity contribution is 0.671. The average molecular weight is 445 g/mol. The molecule has 4 aromatic rings. The molecule has 5 rings (SSSR count). The van der Waals surface area contributed by atoms with Gasteiger partial charge in [-0.1, -0.05) is 34.8 Å². The Morgan fingerprint density at radius 3 is 2.45 bits per heavy atom. The average Bonchev–Trinajstić information content (AvgIpc) is 3.34. The third-order valence-electron chi connectivity index (χ3n) is 5.16. The maximum Gasteiger partial charge on any atom is 0.187 e. The van der Waals surface area contributed by atoms with E-state index in [4.69, 9.17) is 39.9 Å². The smallest absolute Gasteiger partial charge is 0.187 e. The summed E-state index contributed by atoms with van der Waals surface area (Å²) < 4.78 is 3.80. The van der Waals surface area contributed by atoms with E-state index >= 15 is 0 Å². The van der Waals surface area contributed by atoms with Gasteiger partial charge >= 0.3 is 0 Å². The van der Waals surface area contributed by atoms with Gasteiger partial charge in [-0.25, -0.2) is 4.68 Å². The molecule has 0 N–H and O–H groups in total. The number of aromatic nitrogens is 5. The van der Waals surface area contributed by atoms with Gasteiger partial charge in [0.1, 0.15) is 12.0 Å². The van der Waals surface area contributed by atoms with Crippen molar-refractivity contribution in [3.05, 3.63) is 75.1 Å². The van der Waals surface area contributed by atoms with Gasteiger partial charge in [0.15, 0.2) is 5.82 Å². The van der Waals surface area contributed by atoms with Gasteiger partial charge < -0.3 is 0 Å². The van der Waals surface area contributed by atoms with Crippen molar-refractivity contribution in [3.63, 3.8) is 0 Å². The Morgan fingerprint density at radius 1 is 0.862 bits per heavy atom. The standard InChI is InChI=1S/C21H16Cl3N5/c22-13-5-8-15(9-6-13)28-12-25-26-21(28)20-16-3-1-2-4-18(16)27-29(20)19-11-14(23)7-10-17(19)24/h5-12H,1-4H2. The predicted octanol–water partition coefficient (Wildman–Crippen LogP) is 5.96. The van der Waals surface area contributed by atoms with Crippen LogP contribution in [0.3, 0.4) is 0 Å². The first-order valence-electron chi connectivity index (χ1n) is 9.34. The lowest BCUT2D eigenvalue weighted by atomic mass is 9.95. The van der Waals surface area contributed by atoms with E-state index in [0.29, 0.717) is 20.9 Å². The molecular formula is C21H16Cl3N5. The van der Waals surface area contributed by atoms with Crippen molar-refractivity contribution in [2.24, 2.45) is 0 Å². The van der Waals surface area contributed by atoms with Crippen LogP contribution in [0.4, 0.5) is 0 Å². The van der Waals surface area contributed by atoms with Crippen molar-refractivity contribution < 1.29 is 0 Å². The molecule has 8 heteroatoms. The van der Waals surface area contributed by atoms with Crippen LogP contribution in [0.15, 0.2) is 48.8 Å². The normalized spacial score (nSPS) is 13.5.